The van der Waals surface area contributed by atoms with Crippen LogP contribution >= 0.6 is 0 Å². The summed E-state index contributed by atoms with van der Waals surface area (Å²) in [7, 11) is 0. The van der Waals surface area contributed by atoms with Crippen LogP contribution in [-0.4, -0.2) is 35.8 Å². The fraction of sp³-hybridized carbons (Fsp3) is 0.533. The van der Waals surface area contributed by atoms with Crippen LogP contribution in [0.1, 0.15) is 28.8 Å². The smallest absolute Gasteiger partial charge is 0.252 e. The van der Waals surface area contributed by atoms with Gasteiger partial charge in [0.1, 0.15) is 5.75 Å². The van der Waals surface area contributed by atoms with Crippen LogP contribution in [0.25, 0.3) is 0 Å². The summed E-state index contributed by atoms with van der Waals surface area (Å²) in [5, 5.41) is 12.6. The fourth-order valence-corrected chi connectivity index (χ4v) is 3.22. The van der Waals surface area contributed by atoms with Gasteiger partial charge in [-0.1, -0.05) is 6.07 Å². The number of fused-ring (bicyclic) bond motifs is 1. The van der Waals surface area contributed by atoms with Gasteiger partial charge in [0, 0.05) is 29.7 Å². The molecule has 0 aromatic heterocycles. The molecule has 3 rings (SSSR count). The van der Waals surface area contributed by atoms with Gasteiger partial charge in [-0.15, -0.1) is 0 Å². The summed E-state index contributed by atoms with van der Waals surface area (Å²) in [6.07, 6.45) is 2.16. The molecule has 1 aliphatic carbocycles. The minimum atomic E-state index is -0.202. The minimum Gasteiger partial charge on any atom is -0.508 e. The molecule has 20 heavy (non-hydrogen) atoms. The van der Waals surface area contributed by atoms with Gasteiger partial charge in [0.15, 0.2) is 0 Å². The zero-order chi connectivity index (χ0) is 14.3. The maximum Gasteiger partial charge on any atom is 0.252 e. The van der Waals surface area contributed by atoms with Crippen LogP contribution in [0, 0.1) is 12.8 Å². The summed E-state index contributed by atoms with van der Waals surface area (Å²) in [5.74, 6) is 0.285. The van der Waals surface area contributed by atoms with Crippen molar-refractivity contribution in [1.29, 1.82) is 0 Å². The molecule has 2 aliphatic rings. The van der Waals surface area contributed by atoms with Crippen LogP contribution in [0.3, 0.4) is 0 Å². The third kappa shape index (κ3) is 2.07. The first-order chi connectivity index (χ1) is 9.59. The fourth-order valence-electron chi connectivity index (χ4n) is 3.22. The molecule has 1 saturated carbocycles. The second-order valence-electron chi connectivity index (χ2n) is 5.67. The van der Waals surface area contributed by atoms with Gasteiger partial charge in [-0.3, -0.25) is 4.79 Å². The van der Waals surface area contributed by atoms with Crippen LogP contribution < -0.4 is 11.1 Å². The Morgan fingerprint density at radius 3 is 3.10 bits per heavy atom. The zero-order valence-corrected chi connectivity index (χ0v) is 11.5. The molecule has 5 heteroatoms. The number of carbonyl (C=O) groups is 1. The molecule has 0 bridgehead atoms. The van der Waals surface area contributed by atoms with Gasteiger partial charge in [0.2, 0.25) is 0 Å². The average Bonchev–Trinajstić information content (AvgIpc) is 2.47. The highest BCUT2D eigenvalue weighted by molar-refractivity contribution is 5.96. The maximum absolute atomic E-state index is 12.3. The number of hydrogen-bond acceptors (Lipinski definition) is 4. The van der Waals surface area contributed by atoms with E-state index in [0.717, 1.165) is 19.4 Å². The Bertz CT molecular complexity index is 532. The number of ether oxygens (including phenoxy) is 1. The number of hydrogen-bond donors (Lipinski definition) is 3. The second kappa shape index (κ2) is 5.07. The minimum absolute atomic E-state index is 0.0399. The van der Waals surface area contributed by atoms with E-state index in [4.69, 9.17) is 10.5 Å². The number of phenols is 1. The molecule has 2 fully saturated rings. The lowest BCUT2D eigenvalue weighted by molar-refractivity contribution is -0.117. The normalized spacial score (nSPS) is 32.1. The highest BCUT2D eigenvalue weighted by atomic mass is 16.5. The number of nitrogens with one attached hydrogen (secondary N) is 1. The van der Waals surface area contributed by atoms with Gasteiger partial charge < -0.3 is 20.9 Å². The van der Waals surface area contributed by atoms with E-state index < -0.39 is 0 Å². The monoisotopic (exact) mass is 276 g/mol. The summed E-state index contributed by atoms with van der Waals surface area (Å²) in [6, 6.07) is 4.77. The molecule has 1 saturated heterocycles. The van der Waals surface area contributed by atoms with Crippen molar-refractivity contribution in [3.63, 3.8) is 0 Å². The summed E-state index contributed by atoms with van der Waals surface area (Å²) in [5.41, 5.74) is 7.19. The average molecular weight is 276 g/mol. The van der Waals surface area contributed by atoms with E-state index in [1.807, 2.05) is 0 Å². The lowest BCUT2D eigenvalue weighted by Gasteiger charge is -2.52. The van der Waals surface area contributed by atoms with Crippen molar-refractivity contribution in [3.8, 4) is 5.75 Å². The molecule has 4 N–H and O–H groups in total. The van der Waals surface area contributed by atoms with Gasteiger partial charge in [-0.25, -0.2) is 0 Å². The van der Waals surface area contributed by atoms with E-state index >= 15 is 0 Å². The first-order valence-electron chi connectivity index (χ1n) is 7.06. The van der Waals surface area contributed by atoms with E-state index in [2.05, 4.69) is 5.32 Å². The highest BCUT2D eigenvalue weighted by Gasteiger charge is 2.51. The summed E-state index contributed by atoms with van der Waals surface area (Å²) in [6.45, 7) is 2.47. The Morgan fingerprint density at radius 2 is 2.30 bits per heavy atom. The number of nitrogens with two attached hydrogens (primary N) is 1. The zero-order valence-electron chi connectivity index (χ0n) is 11.5. The quantitative estimate of drug-likeness (QED) is 0.750. The summed E-state index contributed by atoms with van der Waals surface area (Å²) in [4.78, 5) is 12.3. The lowest BCUT2D eigenvalue weighted by atomic mass is 9.68. The molecule has 1 aromatic rings. The van der Waals surface area contributed by atoms with Gasteiger partial charge in [-0.2, -0.15) is 0 Å². The van der Waals surface area contributed by atoms with Gasteiger partial charge in [0.05, 0.1) is 12.1 Å². The van der Waals surface area contributed by atoms with Crippen molar-refractivity contribution in [1.82, 2.24) is 5.32 Å². The molecule has 1 aromatic carbocycles. The Kier molecular flexibility index (Phi) is 3.40. The third-order valence-corrected chi connectivity index (χ3v) is 4.52. The summed E-state index contributed by atoms with van der Waals surface area (Å²) < 4.78 is 5.71. The standard InChI is InChI=1S/C15H20N2O3/c1-8-9(4-2-6-11(8)18)15(19)17-13-12(16)10-5-3-7-20-14(10)13/h2,4,6,10,12-14,18H,3,5,7,16H2,1H3,(H,17,19). The molecular weight excluding hydrogens is 256 g/mol. The molecular formula is C15H20N2O3. The van der Waals surface area contributed by atoms with E-state index in [0.29, 0.717) is 17.0 Å². The van der Waals surface area contributed by atoms with Crippen LogP contribution in [-0.2, 0) is 4.74 Å². The van der Waals surface area contributed by atoms with Crippen LogP contribution in [0.15, 0.2) is 18.2 Å². The Labute approximate surface area is 118 Å². The van der Waals surface area contributed by atoms with E-state index in [1.165, 1.54) is 0 Å². The van der Waals surface area contributed by atoms with Gasteiger partial charge in [0.25, 0.3) is 5.91 Å². The Morgan fingerprint density at radius 1 is 1.50 bits per heavy atom. The van der Waals surface area contributed by atoms with Crippen molar-refractivity contribution in [2.24, 2.45) is 11.7 Å². The summed E-state index contributed by atoms with van der Waals surface area (Å²) >= 11 is 0. The number of carbonyl (C=O) groups excluding carboxylic acids is 1. The molecule has 4 atom stereocenters. The van der Waals surface area contributed by atoms with Crippen LogP contribution in [0.4, 0.5) is 0 Å². The molecule has 0 spiro atoms. The van der Waals surface area contributed by atoms with E-state index in [9.17, 15) is 9.90 Å². The van der Waals surface area contributed by atoms with E-state index in [-0.39, 0.29) is 29.8 Å². The molecule has 4 unspecified atom stereocenters. The molecule has 108 valence electrons. The van der Waals surface area contributed by atoms with Gasteiger partial charge >= 0.3 is 0 Å². The maximum atomic E-state index is 12.3. The largest absolute Gasteiger partial charge is 0.508 e. The van der Waals surface area contributed by atoms with Crippen molar-refractivity contribution >= 4 is 5.91 Å². The third-order valence-electron chi connectivity index (χ3n) is 4.52. The molecule has 1 aliphatic heterocycles. The van der Waals surface area contributed by atoms with Crippen molar-refractivity contribution < 1.29 is 14.6 Å². The molecule has 0 radical (unpaired) electrons. The number of aromatic hydroxyl groups is 1. The van der Waals surface area contributed by atoms with Crippen LogP contribution in [0.2, 0.25) is 0 Å². The molecule has 1 heterocycles. The first kappa shape index (κ1) is 13.4. The Hall–Kier alpha value is -1.59. The second-order valence-corrected chi connectivity index (χ2v) is 5.67. The highest BCUT2D eigenvalue weighted by Crippen LogP contribution is 2.37. The van der Waals surface area contributed by atoms with Crippen molar-refractivity contribution in [2.75, 3.05) is 6.61 Å². The lowest BCUT2D eigenvalue weighted by Crippen LogP contribution is -2.72. The van der Waals surface area contributed by atoms with Crippen molar-refractivity contribution in [2.45, 2.75) is 38.0 Å². The predicted molar refractivity (Wildman–Crippen MR) is 74.5 cm³/mol. The molecule has 1 amide bonds. The first-order valence-corrected chi connectivity index (χ1v) is 7.06. The van der Waals surface area contributed by atoms with Crippen LogP contribution in [0.5, 0.6) is 5.75 Å². The van der Waals surface area contributed by atoms with Crippen molar-refractivity contribution in [3.05, 3.63) is 29.3 Å². The van der Waals surface area contributed by atoms with Gasteiger partial charge in [-0.05, 0) is 31.9 Å². The molecule has 5 nitrogen and oxygen atoms in total. The SMILES string of the molecule is Cc1c(O)cccc1C(=O)NC1C(N)C2CCCOC21. The predicted octanol–water partition coefficient (Wildman–Crippen LogP) is 0.935. The topological polar surface area (TPSA) is 84.6 Å². The number of benzene rings is 1. The number of amides is 1. The number of phenolic OH excluding ortho intramolecular Hbond substituents is 1. The Balaban J connectivity index is 1.72. The number of rotatable bonds is 2. The van der Waals surface area contributed by atoms with E-state index in [1.54, 1.807) is 25.1 Å².